The molecule has 2 N–H and O–H groups in total. The summed E-state index contributed by atoms with van der Waals surface area (Å²) in [7, 11) is 0. The van der Waals surface area contributed by atoms with Crippen molar-refractivity contribution in [3.63, 3.8) is 0 Å². The molecule has 140 valence electrons. The third-order valence-corrected chi connectivity index (χ3v) is 4.82. The SMILES string of the molecule is CC(=O)Nc1cccc(N2C[C@@H](C(=O)NCc3cccc(Br)c3)CC2=O)c1. The number of benzene rings is 2. The van der Waals surface area contributed by atoms with Crippen LogP contribution in [0.3, 0.4) is 0 Å². The lowest BCUT2D eigenvalue weighted by atomic mass is 10.1. The van der Waals surface area contributed by atoms with Gasteiger partial charge in [-0.1, -0.05) is 34.1 Å². The molecule has 0 aliphatic carbocycles. The molecular formula is C20H20BrN3O3. The first-order chi connectivity index (χ1) is 12.9. The van der Waals surface area contributed by atoms with Crippen LogP contribution < -0.4 is 15.5 Å². The highest BCUT2D eigenvalue weighted by molar-refractivity contribution is 9.10. The predicted octanol–water partition coefficient (Wildman–Crippen LogP) is 3.08. The van der Waals surface area contributed by atoms with Crippen molar-refractivity contribution >= 4 is 45.0 Å². The van der Waals surface area contributed by atoms with E-state index in [1.165, 1.54) is 6.92 Å². The Bertz CT molecular complexity index is 884. The second kappa shape index (κ2) is 8.35. The minimum atomic E-state index is -0.394. The molecule has 1 heterocycles. The fraction of sp³-hybridized carbons (Fsp3) is 0.250. The smallest absolute Gasteiger partial charge is 0.227 e. The fourth-order valence-corrected chi connectivity index (χ4v) is 3.51. The molecule has 27 heavy (non-hydrogen) atoms. The predicted molar refractivity (Wildman–Crippen MR) is 107 cm³/mol. The van der Waals surface area contributed by atoms with E-state index in [1.54, 1.807) is 29.2 Å². The van der Waals surface area contributed by atoms with Gasteiger partial charge in [0, 0.05) is 42.3 Å². The molecule has 1 aliphatic rings. The van der Waals surface area contributed by atoms with E-state index >= 15 is 0 Å². The lowest BCUT2D eigenvalue weighted by molar-refractivity contribution is -0.126. The Morgan fingerprint density at radius 2 is 1.96 bits per heavy atom. The van der Waals surface area contributed by atoms with Crippen molar-refractivity contribution in [3.05, 3.63) is 58.6 Å². The van der Waals surface area contributed by atoms with Crippen LogP contribution in [0.2, 0.25) is 0 Å². The number of rotatable bonds is 5. The molecule has 0 aromatic heterocycles. The van der Waals surface area contributed by atoms with Crippen LogP contribution in [-0.4, -0.2) is 24.3 Å². The fourth-order valence-electron chi connectivity index (χ4n) is 3.07. The summed E-state index contributed by atoms with van der Waals surface area (Å²) in [4.78, 5) is 37.7. The van der Waals surface area contributed by atoms with Crippen LogP contribution in [0.15, 0.2) is 53.0 Å². The van der Waals surface area contributed by atoms with E-state index in [-0.39, 0.29) is 24.1 Å². The molecule has 2 aromatic rings. The number of nitrogens with one attached hydrogen (secondary N) is 2. The second-order valence-corrected chi connectivity index (χ2v) is 7.40. The van der Waals surface area contributed by atoms with Crippen LogP contribution in [-0.2, 0) is 20.9 Å². The van der Waals surface area contributed by atoms with Crippen LogP contribution in [0, 0.1) is 5.92 Å². The van der Waals surface area contributed by atoms with E-state index < -0.39 is 5.92 Å². The average molecular weight is 430 g/mol. The first kappa shape index (κ1) is 19.1. The Kier molecular flexibility index (Phi) is 5.91. The molecular weight excluding hydrogens is 410 g/mol. The first-order valence-corrected chi connectivity index (χ1v) is 9.42. The maximum atomic E-state index is 12.5. The molecule has 3 amide bonds. The van der Waals surface area contributed by atoms with Gasteiger partial charge in [-0.05, 0) is 35.9 Å². The maximum absolute atomic E-state index is 12.5. The molecule has 1 fully saturated rings. The van der Waals surface area contributed by atoms with Gasteiger partial charge in [-0.15, -0.1) is 0 Å². The number of nitrogens with zero attached hydrogens (tertiary/aromatic N) is 1. The summed E-state index contributed by atoms with van der Waals surface area (Å²) in [5.41, 5.74) is 2.28. The molecule has 0 spiro atoms. The summed E-state index contributed by atoms with van der Waals surface area (Å²) in [5.74, 6) is -0.805. The van der Waals surface area contributed by atoms with Crippen molar-refractivity contribution in [2.45, 2.75) is 19.9 Å². The minimum Gasteiger partial charge on any atom is -0.352 e. The standard InChI is InChI=1S/C20H20BrN3O3/c1-13(25)23-17-6-3-7-18(10-17)24-12-15(9-19(24)26)20(27)22-11-14-4-2-5-16(21)8-14/h2-8,10,15H,9,11-12H2,1H3,(H,22,27)(H,23,25)/t15-/m0/s1. The Morgan fingerprint density at radius 1 is 1.19 bits per heavy atom. The van der Waals surface area contributed by atoms with Crippen LogP contribution in [0.4, 0.5) is 11.4 Å². The van der Waals surface area contributed by atoms with Gasteiger partial charge in [0.1, 0.15) is 0 Å². The van der Waals surface area contributed by atoms with Gasteiger partial charge in [0.25, 0.3) is 0 Å². The summed E-state index contributed by atoms with van der Waals surface area (Å²) < 4.78 is 0.954. The van der Waals surface area contributed by atoms with Crippen molar-refractivity contribution < 1.29 is 14.4 Å². The number of halogens is 1. The number of anilines is 2. The Balaban J connectivity index is 1.63. The second-order valence-electron chi connectivity index (χ2n) is 6.48. The van der Waals surface area contributed by atoms with E-state index in [0.717, 1.165) is 10.0 Å². The van der Waals surface area contributed by atoms with Crippen LogP contribution in [0.5, 0.6) is 0 Å². The number of carbonyl (C=O) groups is 3. The Morgan fingerprint density at radius 3 is 2.70 bits per heavy atom. The molecule has 0 radical (unpaired) electrons. The number of hydrogen-bond donors (Lipinski definition) is 2. The number of hydrogen-bond acceptors (Lipinski definition) is 3. The largest absolute Gasteiger partial charge is 0.352 e. The normalized spacial score (nSPS) is 16.3. The van der Waals surface area contributed by atoms with E-state index in [0.29, 0.717) is 24.5 Å². The Hall–Kier alpha value is -2.67. The first-order valence-electron chi connectivity index (χ1n) is 8.62. The summed E-state index contributed by atoms with van der Waals surface area (Å²) in [6.07, 6.45) is 0.175. The van der Waals surface area contributed by atoms with Gasteiger partial charge in [0.05, 0.1) is 5.92 Å². The topological polar surface area (TPSA) is 78.5 Å². The molecule has 1 saturated heterocycles. The molecule has 3 rings (SSSR count). The molecule has 1 atom stereocenters. The van der Waals surface area contributed by atoms with E-state index in [9.17, 15) is 14.4 Å². The van der Waals surface area contributed by atoms with Gasteiger partial charge >= 0.3 is 0 Å². The average Bonchev–Trinajstić information content (AvgIpc) is 3.01. The van der Waals surface area contributed by atoms with Gasteiger partial charge in [0.15, 0.2) is 0 Å². The zero-order valence-corrected chi connectivity index (χ0v) is 16.5. The number of amides is 3. The highest BCUT2D eigenvalue weighted by Crippen LogP contribution is 2.27. The molecule has 6 nitrogen and oxygen atoms in total. The van der Waals surface area contributed by atoms with Crippen LogP contribution in [0.25, 0.3) is 0 Å². The number of carbonyl (C=O) groups excluding carboxylic acids is 3. The van der Waals surface area contributed by atoms with Crippen molar-refractivity contribution in [2.75, 3.05) is 16.8 Å². The molecule has 0 unspecified atom stereocenters. The van der Waals surface area contributed by atoms with Crippen LogP contribution in [0.1, 0.15) is 18.9 Å². The van der Waals surface area contributed by atoms with E-state index in [1.807, 2.05) is 24.3 Å². The van der Waals surface area contributed by atoms with Crippen molar-refractivity contribution in [1.29, 1.82) is 0 Å². The molecule has 1 aliphatic heterocycles. The van der Waals surface area contributed by atoms with Gasteiger partial charge in [-0.25, -0.2) is 0 Å². The maximum Gasteiger partial charge on any atom is 0.227 e. The summed E-state index contributed by atoms with van der Waals surface area (Å²) in [6, 6.07) is 14.8. The third-order valence-electron chi connectivity index (χ3n) is 4.33. The van der Waals surface area contributed by atoms with Crippen molar-refractivity contribution in [2.24, 2.45) is 5.92 Å². The Labute approximate surface area is 166 Å². The van der Waals surface area contributed by atoms with Crippen molar-refractivity contribution in [3.8, 4) is 0 Å². The van der Waals surface area contributed by atoms with Gasteiger partial charge < -0.3 is 15.5 Å². The summed E-state index contributed by atoms with van der Waals surface area (Å²) in [5, 5.41) is 5.60. The zero-order chi connectivity index (χ0) is 19.4. The minimum absolute atomic E-state index is 0.0995. The van der Waals surface area contributed by atoms with E-state index in [4.69, 9.17) is 0 Å². The van der Waals surface area contributed by atoms with Gasteiger partial charge in [0.2, 0.25) is 17.7 Å². The molecule has 2 aromatic carbocycles. The molecule has 0 saturated carbocycles. The summed E-state index contributed by atoms with van der Waals surface area (Å²) in [6.45, 7) is 2.17. The lowest BCUT2D eigenvalue weighted by Gasteiger charge is -2.18. The zero-order valence-electron chi connectivity index (χ0n) is 14.9. The monoisotopic (exact) mass is 429 g/mol. The third kappa shape index (κ3) is 4.95. The highest BCUT2D eigenvalue weighted by Gasteiger charge is 2.35. The quantitative estimate of drug-likeness (QED) is 0.766. The summed E-state index contributed by atoms with van der Waals surface area (Å²) >= 11 is 3.41. The van der Waals surface area contributed by atoms with Crippen molar-refractivity contribution in [1.82, 2.24) is 5.32 Å². The molecule has 7 heteroatoms. The van der Waals surface area contributed by atoms with Crippen LogP contribution >= 0.6 is 15.9 Å². The molecule has 0 bridgehead atoms. The highest BCUT2D eigenvalue weighted by atomic mass is 79.9. The lowest BCUT2D eigenvalue weighted by Crippen LogP contribution is -2.32. The van der Waals surface area contributed by atoms with Gasteiger partial charge in [-0.3, -0.25) is 14.4 Å². The van der Waals surface area contributed by atoms with Gasteiger partial charge in [-0.2, -0.15) is 0 Å². The van der Waals surface area contributed by atoms with E-state index in [2.05, 4.69) is 26.6 Å².